The quantitative estimate of drug-likeness (QED) is 0.743. The van der Waals surface area contributed by atoms with Gasteiger partial charge in [-0.05, 0) is 24.6 Å². The second-order valence-electron chi connectivity index (χ2n) is 4.28. The van der Waals surface area contributed by atoms with E-state index in [-0.39, 0.29) is 0 Å². The average Bonchev–Trinajstić information content (AvgIpc) is 2.28. The molecule has 1 aromatic carbocycles. The van der Waals surface area contributed by atoms with Crippen LogP contribution in [0.25, 0.3) is 0 Å². The maximum Gasteiger partial charge on any atom is 0.0237 e. The molecule has 0 spiro atoms. The lowest BCUT2D eigenvalue weighted by molar-refractivity contribution is 0.304. The minimum Gasteiger partial charge on any atom is -0.326 e. The van der Waals surface area contributed by atoms with E-state index in [9.17, 15) is 0 Å². The van der Waals surface area contributed by atoms with E-state index in [1.54, 1.807) is 0 Å². The molecule has 0 aliphatic carbocycles. The second-order valence-corrected chi connectivity index (χ2v) is 4.28. The Labute approximate surface area is 98.8 Å². The van der Waals surface area contributed by atoms with Crippen LogP contribution in [0.3, 0.4) is 0 Å². The van der Waals surface area contributed by atoms with Crippen molar-refractivity contribution in [1.29, 1.82) is 0 Å². The molecule has 2 heteroatoms. The zero-order valence-corrected chi connectivity index (χ0v) is 10.4. The fourth-order valence-electron chi connectivity index (χ4n) is 1.77. The first-order valence-electron chi connectivity index (χ1n) is 5.80. The average molecular weight is 218 g/mol. The lowest BCUT2D eigenvalue weighted by Crippen LogP contribution is -2.24. The van der Waals surface area contributed by atoms with Crippen LogP contribution < -0.4 is 5.73 Å². The molecular weight excluding hydrogens is 196 g/mol. The zero-order chi connectivity index (χ0) is 12.0. The van der Waals surface area contributed by atoms with Gasteiger partial charge < -0.3 is 5.73 Å². The Hall–Kier alpha value is -1.12. The molecule has 0 aliphatic rings. The summed E-state index contributed by atoms with van der Waals surface area (Å²) in [7, 11) is 0. The predicted octanol–water partition coefficient (Wildman–Crippen LogP) is 2.54. The largest absolute Gasteiger partial charge is 0.326 e. The van der Waals surface area contributed by atoms with E-state index in [0.717, 1.165) is 19.6 Å². The van der Waals surface area contributed by atoms with Crippen molar-refractivity contribution in [2.45, 2.75) is 26.9 Å². The summed E-state index contributed by atoms with van der Waals surface area (Å²) in [6.07, 6.45) is 0. The summed E-state index contributed by atoms with van der Waals surface area (Å²) in [4.78, 5) is 2.37. The first-order valence-corrected chi connectivity index (χ1v) is 5.80. The number of hydrogen-bond donors (Lipinski definition) is 1. The molecule has 0 radical (unpaired) electrons. The van der Waals surface area contributed by atoms with E-state index >= 15 is 0 Å². The molecule has 0 fully saturated rings. The normalized spacial score (nSPS) is 10.8. The highest BCUT2D eigenvalue weighted by Gasteiger charge is 2.03. The molecule has 16 heavy (non-hydrogen) atoms. The van der Waals surface area contributed by atoms with Crippen molar-refractivity contribution in [3.63, 3.8) is 0 Å². The molecule has 1 aromatic rings. The number of hydrogen-bond acceptors (Lipinski definition) is 2. The molecule has 2 N–H and O–H groups in total. The summed E-state index contributed by atoms with van der Waals surface area (Å²) < 4.78 is 0. The van der Waals surface area contributed by atoms with Gasteiger partial charge in [0, 0.05) is 19.6 Å². The van der Waals surface area contributed by atoms with Crippen molar-refractivity contribution in [2.75, 3.05) is 13.1 Å². The Morgan fingerprint density at radius 1 is 1.38 bits per heavy atom. The fourth-order valence-corrected chi connectivity index (χ4v) is 1.77. The highest BCUT2D eigenvalue weighted by Crippen LogP contribution is 2.09. The van der Waals surface area contributed by atoms with Crippen molar-refractivity contribution >= 4 is 0 Å². The van der Waals surface area contributed by atoms with E-state index in [4.69, 9.17) is 5.73 Å². The summed E-state index contributed by atoms with van der Waals surface area (Å²) in [6.45, 7) is 11.8. The summed E-state index contributed by atoms with van der Waals surface area (Å²) in [5.41, 5.74) is 9.36. The molecule has 1 rings (SSSR count). The summed E-state index contributed by atoms with van der Waals surface area (Å²) >= 11 is 0. The van der Waals surface area contributed by atoms with Crippen LogP contribution >= 0.6 is 0 Å². The summed E-state index contributed by atoms with van der Waals surface area (Å²) in [6, 6.07) is 8.48. The van der Waals surface area contributed by atoms with Crippen molar-refractivity contribution < 1.29 is 0 Å². The van der Waals surface area contributed by atoms with Gasteiger partial charge >= 0.3 is 0 Å². The van der Waals surface area contributed by atoms with Gasteiger partial charge in [0.05, 0.1) is 0 Å². The number of nitrogens with two attached hydrogens (primary N) is 1. The van der Waals surface area contributed by atoms with Crippen LogP contribution in [-0.2, 0) is 13.1 Å². The Morgan fingerprint density at radius 2 is 2.06 bits per heavy atom. The van der Waals surface area contributed by atoms with Crippen LogP contribution in [0.5, 0.6) is 0 Å². The third-order valence-electron chi connectivity index (χ3n) is 2.57. The highest BCUT2D eigenvalue weighted by molar-refractivity contribution is 5.23. The Morgan fingerprint density at radius 3 is 2.62 bits per heavy atom. The molecule has 0 saturated carbocycles. The summed E-state index contributed by atoms with van der Waals surface area (Å²) in [5, 5.41) is 0. The third-order valence-corrected chi connectivity index (χ3v) is 2.57. The molecule has 0 heterocycles. The fraction of sp³-hybridized carbons (Fsp3) is 0.429. The van der Waals surface area contributed by atoms with Crippen LogP contribution in [0.2, 0.25) is 0 Å². The van der Waals surface area contributed by atoms with Crippen LogP contribution in [0, 0.1) is 0 Å². The van der Waals surface area contributed by atoms with E-state index < -0.39 is 0 Å². The third kappa shape index (κ3) is 4.17. The van der Waals surface area contributed by atoms with Gasteiger partial charge in [-0.3, -0.25) is 4.90 Å². The van der Waals surface area contributed by atoms with Gasteiger partial charge in [0.25, 0.3) is 0 Å². The van der Waals surface area contributed by atoms with Gasteiger partial charge in [0.2, 0.25) is 0 Å². The van der Waals surface area contributed by atoms with Gasteiger partial charge in [0.1, 0.15) is 0 Å². The standard InChI is InChI=1S/C14H22N2/c1-4-16(10-12(2)3)11-14-7-5-6-13(8-14)9-15/h5-8H,2,4,9-11,15H2,1,3H3. The minimum absolute atomic E-state index is 0.612. The van der Waals surface area contributed by atoms with Crippen molar-refractivity contribution in [3.8, 4) is 0 Å². The van der Waals surface area contributed by atoms with Crippen LogP contribution in [0.1, 0.15) is 25.0 Å². The lowest BCUT2D eigenvalue weighted by atomic mass is 10.1. The molecule has 0 amide bonds. The maximum atomic E-state index is 5.64. The Balaban J connectivity index is 2.65. The van der Waals surface area contributed by atoms with Crippen LogP contribution in [0.4, 0.5) is 0 Å². The number of likely N-dealkylation sites (N-methyl/N-ethyl adjacent to an activating group) is 1. The van der Waals surface area contributed by atoms with E-state index in [1.807, 2.05) is 0 Å². The van der Waals surface area contributed by atoms with Crippen LogP contribution in [0.15, 0.2) is 36.4 Å². The molecule has 88 valence electrons. The van der Waals surface area contributed by atoms with Crippen molar-refractivity contribution in [2.24, 2.45) is 5.73 Å². The molecule has 0 unspecified atom stereocenters. The first kappa shape index (κ1) is 12.9. The van der Waals surface area contributed by atoms with E-state index in [1.165, 1.54) is 16.7 Å². The molecular formula is C14H22N2. The van der Waals surface area contributed by atoms with Crippen LogP contribution in [-0.4, -0.2) is 18.0 Å². The number of nitrogens with zero attached hydrogens (tertiary/aromatic N) is 1. The van der Waals surface area contributed by atoms with E-state index in [2.05, 4.69) is 49.6 Å². The molecule has 2 nitrogen and oxygen atoms in total. The van der Waals surface area contributed by atoms with Gasteiger partial charge in [0.15, 0.2) is 0 Å². The van der Waals surface area contributed by atoms with Gasteiger partial charge in [-0.15, -0.1) is 0 Å². The maximum absolute atomic E-state index is 5.64. The molecule has 0 aliphatic heterocycles. The predicted molar refractivity (Wildman–Crippen MR) is 70.1 cm³/mol. The zero-order valence-electron chi connectivity index (χ0n) is 10.4. The minimum atomic E-state index is 0.612. The lowest BCUT2D eigenvalue weighted by Gasteiger charge is -2.20. The van der Waals surface area contributed by atoms with Crippen molar-refractivity contribution in [3.05, 3.63) is 47.5 Å². The van der Waals surface area contributed by atoms with Gasteiger partial charge in [-0.1, -0.05) is 43.3 Å². The topological polar surface area (TPSA) is 29.3 Å². The molecule has 0 aromatic heterocycles. The Bertz CT molecular complexity index is 344. The number of rotatable bonds is 6. The number of benzene rings is 1. The second kappa shape index (κ2) is 6.46. The van der Waals surface area contributed by atoms with Crippen molar-refractivity contribution in [1.82, 2.24) is 4.90 Å². The molecule has 0 bridgehead atoms. The summed E-state index contributed by atoms with van der Waals surface area (Å²) in [5.74, 6) is 0. The Kier molecular flexibility index (Phi) is 5.23. The SMILES string of the molecule is C=C(C)CN(CC)Cc1cccc(CN)c1. The smallest absolute Gasteiger partial charge is 0.0237 e. The molecule has 0 atom stereocenters. The molecule has 0 saturated heterocycles. The van der Waals surface area contributed by atoms with Gasteiger partial charge in [-0.25, -0.2) is 0 Å². The van der Waals surface area contributed by atoms with Gasteiger partial charge in [-0.2, -0.15) is 0 Å². The monoisotopic (exact) mass is 218 g/mol. The first-order chi connectivity index (χ1) is 7.65. The van der Waals surface area contributed by atoms with E-state index in [0.29, 0.717) is 6.54 Å². The highest BCUT2D eigenvalue weighted by atomic mass is 15.1.